The molecule has 0 unspecified atom stereocenters. The van der Waals surface area contributed by atoms with Crippen molar-refractivity contribution in [2.45, 2.75) is 39.2 Å². The molecule has 0 saturated heterocycles. The van der Waals surface area contributed by atoms with E-state index in [2.05, 4.69) is 34.2 Å². The lowest BCUT2D eigenvalue weighted by atomic mass is 9.88. The first kappa shape index (κ1) is 18.0. The van der Waals surface area contributed by atoms with Crippen LogP contribution >= 0.6 is 27.3 Å². The molecule has 1 aromatic heterocycles. The highest BCUT2D eigenvalue weighted by Crippen LogP contribution is 2.39. The van der Waals surface area contributed by atoms with Crippen LogP contribution in [-0.2, 0) is 17.6 Å². The number of nitrogens with zero attached hydrogens (tertiary/aromatic N) is 1. The van der Waals surface area contributed by atoms with Crippen molar-refractivity contribution in [1.29, 1.82) is 5.26 Å². The van der Waals surface area contributed by atoms with E-state index in [1.165, 1.54) is 16.2 Å². The summed E-state index contributed by atoms with van der Waals surface area (Å²) in [6.07, 6.45) is 2.33. The van der Waals surface area contributed by atoms with Crippen LogP contribution in [0.4, 0.5) is 5.00 Å². The zero-order chi connectivity index (χ0) is 18.0. The molecule has 1 heterocycles. The number of benzene rings is 1. The number of carbonyl (C=O) groups is 1. The molecule has 1 aliphatic rings. The van der Waals surface area contributed by atoms with E-state index < -0.39 is 6.10 Å². The lowest BCUT2D eigenvalue weighted by molar-refractivity contribution is -0.122. The van der Waals surface area contributed by atoms with Crippen LogP contribution in [0.2, 0.25) is 0 Å². The summed E-state index contributed by atoms with van der Waals surface area (Å²) < 4.78 is 6.59. The first-order valence-electron chi connectivity index (χ1n) is 8.25. The number of nitrogens with one attached hydrogen (secondary N) is 1. The van der Waals surface area contributed by atoms with Gasteiger partial charge >= 0.3 is 0 Å². The Labute approximate surface area is 159 Å². The molecule has 130 valence electrons. The average molecular weight is 419 g/mol. The fraction of sp³-hybridized carbons (Fsp3) is 0.368. The standard InChI is InChI=1S/C19H19BrN2O2S/c1-11-6-7-15-16(10-21)19(25-17(15)8-11)22-18(23)12(2)24-14-5-3-4-13(20)9-14/h3-5,9,11-12H,6-8H2,1-2H3,(H,22,23)/t11-,12+/m0/s1. The monoisotopic (exact) mass is 418 g/mol. The third-order valence-corrected chi connectivity index (χ3v) is 6.00. The molecule has 2 atom stereocenters. The number of ether oxygens (including phenoxy) is 1. The van der Waals surface area contributed by atoms with Gasteiger partial charge in [0.25, 0.3) is 5.91 Å². The van der Waals surface area contributed by atoms with E-state index >= 15 is 0 Å². The van der Waals surface area contributed by atoms with Crippen LogP contribution in [0, 0.1) is 17.2 Å². The molecule has 0 radical (unpaired) electrons. The molecule has 1 aromatic carbocycles. The van der Waals surface area contributed by atoms with Gasteiger partial charge in [0, 0.05) is 9.35 Å². The minimum Gasteiger partial charge on any atom is -0.481 e. The van der Waals surface area contributed by atoms with Crippen molar-refractivity contribution in [3.05, 3.63) is 44.7 Å². The topological polar surface area (TPSA) is 62.1 Å². The van der Waals surface area contributed by atoms with E-state index in [0.717, 1.165) is 29.3 Å². The SMILES string of the molecule is C[C@H]1CCc2c(sc(NC(=O)[C@@H](C)Oc3cccc(Br)c3)c2C#N)C1. The van der Waals surface area contributed by atoms with Gasteiger partial charge in [-0.15, -0.1) is 11.3 Å². The highest BCUT2D eigenvalue weighted by atomic mass is 79.9. The molecule has 0 fully saturated rings. The second kappa shape index (κ2) is 7.59. The number of carbonyl (C=O) groups excluding carboxylic acids is 1. The minimum atomic E-state index is -0.654. The Kier molecular flexibility index (Phi) is 5.45. The molecule has 0 spiro atoms. The van der Waals surface area contributed by atoms with Crippen LogP contribution in [0.5, 0.6) is 5.75 Å². The van der Waals surface area contributed by atoms with Crippen molar-refractivity contribution in [2.24, 2.45) is 5.92 Å². The summed E-state index contributed by atoms with van der Waals surface area (Å²) in [6, 6.07) is 9.64. The molecule has 1 N–H and O–H groups in total. The number of hydrogen-bond donors (Lipinski definition) is 1. The largest absolute Gasteiger partial charge is 0.481 e. The van der Waals surface area contributed by atoms with Gasteiger partial charge < -0.3 is 10.1 Å². The number of halogens is 1. The molecule has 25 heavy (non-hydrogen) atoms. The van der Waals surface area contributed by atoms with Crippen molar-refractivity contribution in [3.63, 3.8) is 0 Å². The Hall–Kier alpha value is -1.84. The van der Waals surface area contributed by atoms with Crippen molar-refractivity contribution >= 4 is 38.2 Å². The molecule has 1 aliphatic carbocycles. The molecule has 6 heteroatoms. The van der Waals surface area contributed by atoms with Gasteiger partial charge in [-0.25, -0.2) is 0 Å². The number of amides is 1. The molecular formula is C19H19BrN2O2S. The zero-order valence-electron chi connectivity index (χ0n) is 14.1. The quantitative estimate of drug-likeness (QED) is 0.766. The highest BCUT2D eigenvalue weighted by Gasteiger charge is 2.26. The Balaban J connectivity index is 1.73. The number of nitriles is 1. The average Bonchev–Trinajstić information content (AvgIpc) is 2.90. The first-order chi connectivity index (χ1) is 12.0. The first-order valence-corrected chi connectivity index (χ1v) is 9.86. The maximum absolute atomic E-state index is 12.5. The number of fused-ring (bicyclic) bond motifs is 1. The van der Waals surface area contributed by atoms with E-state index in [0.29, 0.717) is 22.2 Å². The van der Waals surface area contributed by atoms with E-state index in [9.17, 15) is 10.1 Å². The number of anilines is 1. The van der Waals surface area contributed by atoms with E-state index in [1.54, 1.807) is 13.0 Å². The maximum atomic E-state index is 12.5. The van der Waals surface area contributed by atoms with Gasteiger partial charge in [-0.2, -0.15) is 5.26 Å². The summed E-state index contributed by atoms with van der Waals surface area (Å²) in [6.45, 7) is 3.93. The van der Waals surface area contributed by atoms with Crippen LogP contribution in [0.3, 0.4) is 0 Å². The Bertz CT molecular complexity index is 840. The normalized spacial score (nSPS) is 17.3. The lowest BCUT2D eigenvalue weighted by Crippen LogP contribution is -2.30. The fourth-order valence-corrected chi connectivity index (χ4v) is 4.71. The predicted molar refractivity (Wildman–Crippen MR) is 103 cm³/mol. The maximum Gasteiger partial charge on any atom is 0.265 e. The number of thiophene rings is 1. The van der Waals surface area contributed by atoms with Crippen LogP contribution in [0.1, 0.15) is 36.3 Å². The summed E-state index contributed by atoms with van der Waals surface area (Å²) in [5.74, 6) is 1.000. The zero-order valence-corrected chi connectivity index (χ0v) is 16.5. The molecule has 1 amide bonds. The molecular weight excluding hydrogens is 400 g/mol. The number of rotatable bonds is 4. The molecule has 0 saturated carbocycles. The second-order valence-electron chi connectivity index (χ2n) is 6.37. The van der Waals surface area contributed by atoms with E-state index in [4.69, 9.17) is 4.74 Å². The van der Waals surface area contributed by atoms with Gasteiger partial charge in [0.15, 0.2) is 6.10 Å². The predicted octanol–water partition coefficient (Wildman–Crippen LogP) is 4.91. The van der Waals surface area contributed by atoms with Crippen molar-refractivity contribution in [2.75, 3.05) is 5.32 Å². The van der Waals surface area contributed by atoms with Crippen LogP contribution in [0.25, 0.3) is 0 Å². The number of hydrogen-bond acceptors (Lipinski definition) is 4. The van der Waals surface area contributed by atoms with Gasteiger partial charge in [0.05, 0.1) is 5.56 Å². The fourth-order valence-electron chi connectivity index (χ4n) is 2.97. The molecule has 0 aliphatic heterocycles. The molecule has 2 aromatic rings. The van der Waals surface area contributed by atoms with Crippen LogP contribution in [0.15, 0.2) is 28.7 Å². The van der Waals surface area contributed by atoms with Gasteiger partial charge in [0.2, 0.25) is 0 Å². The van der Waals surface area contributed by atoms with Crippen LogP contribution in [-0.4, -0.2) is 12.0 Å². The lowest BCUT2D eigenvalue weighted by Gasteiger charge is -2.17. The third-order valence-electron chi connectivity index (χ3n) is 4.34. The smallest absolute Gasteiger partial charge is 0.265 e. The molecule has 3 rings (SSSR count). The van der Waals surface area contributed by atoms with Crippen molar-refractivity contribution in [1.82, 2.24) is 0 Å². The van der Waals surface area contributed by atoms with Gasteiger partial charge in [-0.1, -0.05) is 28.9 Å². The van der Waals surface area contributed by atoms with Gasteiger partial charge in [-0.05, 0) is 55.9 Å². The Morgan fingerprint density at radius 2 is 2.32 bits per heavy atom. The van der Waals surface area contributed by atoms with Gasteiger partial charge in [0.1, 0.15) is 16.8 Å². The van der Waals surface area contributed by atoms with E-state index in [1.807, 2.05) is 18.2 Å². The molecule has 4 nitrogen and oxygen atoms in total. The Morgan fingerprint density at radius 1 is 1.52 bits per heavy atom. The minimum absolute atomic E-state index is 0.247. The summed E-state index contributed by atoms with van der Waals surface area (Å²) in [4.78, 5) is 13.7. The highest BCUT2D eigenvalue weighted by molar-refractivity contribution is 9.10. The molecule has 0 bridgehead atoms. The van der Waals surface area contributed by atoms with Crippen molar-refractivity contribution < 1.29 is 9.53 Å². The van der Waals surface area contributed by atoms with Crippen LogP contribution < -0.4 is 10.1 Å². The summed E-state index contributed by atoms with van der Waals surface area (Å²) in [5.41, 5.74) is 1.73. The summed E-state index contributed by atoms with van der Waals surface area (Å²) >= 11 is 4.91. The Morgan fingerprint density at radius 3 is 3.04 bits per heavy atom. The second-order valence-corrected chi connectivity index (χ2v) is 8.40. The van der Waals surface area contributed by atoms with Gasteiger partial charge in [-0.3, -0.25) is 4.79 Å². The third kappa shape index (κ3) is 4.05. The van der Waals surface area contributed by atoms with E-state index in [-0.39, 0.29) is 5.91 Å². The summed E-state index contributed by atoms with van der Waals surface area (Å²) in [5, 5.41) is 13.1. The van der Waals surface area contributed by atoms with Crippen molar-refractivity contribution in [3.8, 4) is 11.8 Å². The summed E-state index contributed by atoms with van der Waals surface area (Å²) in [7, 11) is 0.